The van der Waals surface area contributed by atoms with Gasteiger partial charge in [-0.1, -0.05) is 30.3 Å². The average molecular weight is 362 g/mol. The first kappa shape index (κ1) is 16.9. The Morgan fingerprint density at radius 1 is 1.15 bits per heavy atom. The van der Waals surface area contributed by atoms with Gasteiger partial charge in [0.15, 0.2) is 0 Å². The fraction of sp³-hybridized carbons (Fsp3) is 0.158. The first-order valence-corrected chi connectivity index (χ1v) is 8.48. The lowest BCUT2D eigenvalue weighted by atomic mass is 10.1. The molecule has 0 bridgehead atoms. The Balaban J connectivity index is 1.74. The van der Waals surface area contributed by atoms with E-state index in [0.717, 1.165) is 17.0 Å². The number of aryl methyl sites for hydroxylation is 1. The predicted molar refractivity (Wildman–Crippen MR) is 98.8 cm³/mol. The first-order chi connectivity index (χ1) is 13.2. The maximum Gasteiger partial charge on any atom is 0.268 e. The molecular formula is C19H18N6O2. The summed E-state index contributed by atoms with van der Waals surface area (Å²) in [7, 11) is 1.85. The quantitative estimate of drug-likeness (QED) is 0.419. The van der Waals surface area contributed by atoms with Crippen molar-refractivity contribution in [2.24, 2.45) is 7.05 Å². The highest BCUT2D eigenvalue weighted by Gasteiger charge is 2.23. The van der Waals surface area contributed by atoms with Gasteiger partial charge in [0, 0.05) is 19.7 Å². The molecule has 0 aliphatic carbocycles. The van der Waals surface area contributed by atoms with Crippen LogP contribution in [0, 0.1) is 0 Å². The number of nitrogens with zero attached hydrogens (tertiary/aromatic N) is 5. The molecule has 4 rings (SSSR count). The van der Waals surface area contributed by atoms with Gasteiger partial charge in [0.2, 0.25) is 0 Å². The molecule has 1 aromatic carbocycles. The Morgan fingerprint density at radius 2 is 1.96 bits per heavy atom. The standard InChI is InChI=1S/C19H18N6O2/c1-24-16(9-10-20-24)14-7-8-17-15(22-14)12-21-25(17)18(19(26)23-27)11-13-5-3-2-4-6-13/h2-10,12,18,27H,11H2,1H3,(H,23,26). The monoisotopic (exact) mass is 362 g/mol. The van der Waals surface area contributed by atoms with E-state index in [1.165, 1.54) is 0 Å². The molecule has 0 saturated carbocycles. The van der Waals surface area contributed by atoms with Gasteiger partial charge in [-0.15, -0.1) is 0 Å². The van der Waals surface area contributed by atoms with Crippen LogP contribution in [0.2, 0.25) is 0 Å². The van der Waals surface area contributed by atoms with Gasteiger partial charge >= 0.3 is 0 Å². The minimum absolute atomic E-state index is 0.396. The summed E-state index contributed by atoms with van der Waals surface area (Å²) in [4.78, 5) is 16.9. The number of fused-ring (bicyclic) bond motifs is 1. The van der Waals surface area contributed by atoms with Gasteiger partial charge in [-0.3, -0.25) is 19.4 Å². The van der Waals surface area contributed by atoms with Gasteiger partial charge in [-0.2, -0.15) is 10.2 Å². The zero-order chi connectivity index (χ0) is 18.8. The lowest BCUT2D eigenvalue weighted by Gasteiger charge is -2.16. The molecule has 8 nitrogen and oxygen atoms in total. The lowest BCUT2D eigenvalue weighted by molar-refractivity contribution is -0.132. The Bertz CT molecular complexity index is 1090. The lowest BCUT2D eigenvalue weighted by Crippen LogP contribution is -2.32. The van der Waals surface area contributed by atoms with Crippen molar-refractivity contribution in [3.8, 4) is 11.4 Å². The normalized spacial score (nSPS) is 12.2. The third-order valence-corrected chi connectivity index (χ3v) is 4.52. The minimum Gasteiger partial charge on any atom is -0.289 e. The smallest absolute Gasteiger partial charge is 0.268 e. The van der Waals surface area contributed by atoms with Crippen LogP contribution in [0.25, 0.3) is 22.4 Å². The van der Waals surface area contributed by atoms with Gasteiger partial charge < -0.3 is 0 Å². The van der Waals surface area contributed by atoms with Gasteiger partial charge in [0.05, 0.1) is 23.1 Å². The zero-order valence-electron chi connectivity index (χ0n) is 14.6. The fourth-order valence-electron chi connectivity index (χ4n) is 3.15. The van der Waals surface area contributed by atoms with E-state index in [-0.39, 0.29) is 0 Å². The molecule has 0 aliphatic rings. The van der Waals surface area contributed by atoms with Crippen molar-refractivity contribution in [3.63, 3.8) is 0 Å². The predicted octanol–water partition coefficient (Wildman–Crippen LogP) is 2.12. The number of carbonyl (C=O) groups is 1. The maximum absolute atomic E-state index is 12.3. The number of rotatable bonds is 5. The second kappa shape index (κ2) is 7.00. The molecule has 0 radical (unpaired) electrons. The molecule has 1 unspecified atom stereocenters. The Labute approximate surface area is 155 Å². The SMILES string of the molecule is Cn1nccc1-c1ccc2c(cnn2C(Cc2ccccc2)C(=O)NO)n1. The van der Waals surface area contributed by atoms with Crippen LogP contribution in [0.3, 0.4) is 0 Å². The third-order valence-electron chi connectivity index (χ3n) is 4.52. The Kier molecular flexibility index (Phi) is 4.39. The summed E-state index contributed by atoms with van der Waals surface area (Å²) < 4.78 is 3.34. The Hall–Kier alpha value is -3.52. The van der Waals surface area contributed by atoms with Crippen molar-refractivity contribution in [3.05, 3.63) is 66.5 Å². The molecule has 27 heavy (non-hydrogen) atoms. The van der Waals surface area contributed by atoms with Crippen molar-refractivity contribution in [2.45, 2.75) is 12.5 Å². The summed E-state index contributed by atoms with van der Waals surface area (Å²) in [6, 6.07) is 14.5. The van der Waals surface area contributed by atoms with Crippen LogP contribution in [-0.4, -0.2) is 35.7 Å². The van der Waals surface area contributed by atoms with Gasteiger partial charge in [0.25, 0.3) is 5.91 Å². The molecule has 0 spiro atoms. The number of amides is 1. The van der Waals surface area contributed by atoms with Crippen LogP contribution in [0.4, 0.5) is 0 Å². The molecule has 1 amide bonds. The molecule has 0 saturated heterocycles. The molecule has 3 aromatic heterocycles. The topological polar surface area (TPSA) is 97.9 Å². The van der Waals surface area contributed by atoms with Crippen molar-refractivity contribution < 1.29 is 10.0 Å². The van der Waals surface area contributed by atoms with Crippen molar-refractivity contribution in [2.75, 3.05) is 0 Å². The summed E-state index contributed by atoms with van der Waals surface area (Å²) in [6.45, 7) is 0. The van der Waals surface area contributed by atoms with Gasteiger partial charge in [-0.05, 0) is 23.8 Å². The fourth-order valence-corrected chi connectivity index (χ4v) is 3.15. The number of nitrogens with one attached hydrogen (secondary N) is 1. The van der Waals surface area contributed by atoms with E-state index in [2.05, 4.69) is 15.2 Å². The van der Waals surface area contributed by atoms with E-state index in [1.54, 1.807) is 27.2 Å². The molecular weight excluding hydrogens is 344 g/mol. The second-order valence-corrected chi connectivity index (χ2v) is 6.21. The van der Waals surface area contributed by atoms with Crippen molar-refractivity contribution in [1.29, 1.82) is 0 Å². The number of benzene rings is 1. The van der Waals surface area contributed by atoms with E-state index in [4.69, 9.17) is 0 Å². The summed E-state index contributed by atoms with van der Waals surface area (Å²) in [5.41, 5.74) is 5.75. The van der Waals surface area contributed by atoms with Gasteiger partial charge in [0.1, 0.15) is 11.6 Å². The summed E-state index contributed by atoms with van der Waals surface area (Å²) >= 11 is 0. The highest BCUT2D eigenvalue weighted by molar-refractivity contribution is 5.83. The van der Waals surface area contributed by atoms with Crippen molar-refractivity contribution >= 4 is 16.9 Å². The summed E-state index contributed by atoms with van der Waals surface area (Å²) in [6.07, 6.45) is 3.73. The van der Waals surface area contributed by atoms with Crippen LogP contribution in [0.15, 0.2) is 60.9 Å². The number of aromatic nitrogens is 5. The zero-order valence-corrected chi connectivity index (χ0v) is 14.6. The molecule has 0 fully saturated rings. The largest absolute Gasteiger partial charge is 0.289 e. The Morgan fingerprint density at radius 3 is 2.67 bits per heavy atom. The van der Waals surface area contributed by atoms with Gasteiger partial charge in [-0.25, -0.2) is 10.5 Å². The molecule has 2 N–H and O–H groups in total. The number of hydroxylamine groups is 1. The third kappa shape index (κ3) is 3.18. The number of pyridine rings is 1. The maximum atomic E-state index is 12.3. The highest BCUT2D eigenvalue weighted by Crippen LogP contribution is 2.24. The average Bonchev–Trinajstić information content (AvgIpc) is 3.32. The van der Waals surface area contributed by atoms with E-state index >= 15 is 0 Å². The van der Waals surface area contributed by atoms with Crippen LogP contribution in [0.5, 0.6) is 0 Å². The number of hydrogen-bond donors (Lipinski definition) is 2. The molecule has 8 heteroatoms. The van der Waals surface area contributed by atoms with Crippen molar-refractivity contribution in [1.82, 2.24) is 30.0 Å². The molecule has 4 aromatic rings. The number of carbonyl (C=O) groups excluding carboxylic acids is 1. The number of hydrogen-bond acceptors (Lipinski definition) is 5. The van der Waals surface area contributed by atoms with Crippen LogP contribution < -0.4 is 5.48 Å². The van der Waals surface area contributed by atoms with E-state index in [9.17, 15) is 10.0 Å². The van der Waals surface area contributed by atoms with E-state index in [1.807, 2.05) is 55.6 Å². The van der Waals surface area contributed by atoms with E-state index in [0.29, 0.717) is 17.5 Å². The summed E-state index contributed by atoms with van der Waals surface area (Å²) in [5.74, 6) is -0.528. The van der Waals surface area contributed by atoms with Crippen LogP contribution >= 0.6 is 0 Å². The van der Waals surface area contributed by atoms with E-state index < -0.39 is 11.9 Å². The molecule has 3 heterocycles. The second-order valence-electron chi connectivity index (χ2n) is 6.21. The highest BCUT2D eigenvalue weighted by atomic mass is 16.5. The molecule has 136 valence electrons. The minimum atomic E-state index is -0.695. The first-order valence-electron chi connectivity index (χ1n) is 8.48. The summed E-state index contributed by atoms with van der Waals surface area (Å²) in [5, 5.41) is 17.7. The molecule has 1 atom stereocenters. The van der Waals surface area contributed by atoms with Crippen LogP contribution in [0.1, 0.15) is 11.6 Å². The van der Waals surface area contributed by atoms with Crippen LogP contribution in [-0.2, 0) is 18.3 Å². The molecule has 0 aliphatic heterocycles.